The zero-order chi connectivity index (χ0) is 14.8. The molecule has 110 valence electrons. The highest BCUT2D eigenvalue weighted by Crippen LogP contribution is 2.17. The van der Waals surface area contributed by atoms with Crippen LogP contribution in [-0.4, -0.2) is 49.7 Å². The molecule has 1 amide bonds. The fourth-order valence-corrected chi connectivity index (χ4v) is 2.27. The molecule has 1 fully saturated rings. The number of hydrogen-bond donors (Lipinski definition) is 1. The van der Waals surface area contributed by atoms with Crippen molar-refractivity contribution < 1.29 is 9.53 Å². The number of hydrogen-bond acceptors (Lipinski definition) is 5. The van der Waals surface area contributed by atoms with Crippen molar-refractivity contribution in [2.24, 2.45) is 5.92 Å². The van der Waals surface area contributed by atoms with E-state index in [4.69, 9.17) is 15.3 Å². The van der Waals surface area contributed by atoms with Crippen molar-refractivity contribution >= 4 is 5.91 Å². The van der Waals surface area contributed by atoms with Crippen molar-refractivity contribution in [3.8, 4) is 12.1 Å². The predicted octanol–water partition coefficient (Wildman–Crippen LogP) is 0.657. The highest BCUT2D eigenvalue weighted by Gasteiger charge is 2.35. The van der Waals surface area contributed by atoms with E-state index in [1.807, 2.05) is 12.1 Å². The first-order chi connectivity index (χ1) is 9.74. The molecule has 0 saturated carbocycles. The Bertz CT molecular complexity index is 368. The average molecular weight is 278 g/mol. The molecule has 20 heavy (non-hydrogen) atoms. The van der Waals surface area contributed by atoms with Crippen molar-refractivity contribution in [3.05, 3.63) is 0 Å². The SMILES string of the molecule is CCCNC1COCC1C(=O)N(CCC#N)CCC#N. The van der Waals surface area contributed by atoms with Crippen molar-refractivity contribution in [1.82, 2.24) is 10.2 Å². The van der Waals surface area contributed by atoms with Crippen LogP contribution in [0.1, 0.15) is 26.2 Å². The lowest BCUT2D eigenvalue weighted by Gasteiger charge is -2.26. The molecule has 1 saturated heterocycles. The Hall–Kier alpha value is -1.63. The van der Waals surface area contributed by atoms with Crippen LogP contribution in [0.5, 0.6) is 0 Å². The zero-order valence-electron chi connectivity index (χ0n) is 12.0. The van der Waals surface area contributed by atoms with Gasteiger partial charge in [0.05, 0.1) is 44.1 Å². The molecular formula is C14H22N4O2. The first kappa shape index (κ1) is 16.4. The summed E-state index contributed by atoms with van der Waals surface area (Å²) in [5.74, 6) is -0.222. The van der Waals surface area contributed by atoms with E-state index in [0.29, 0.717) is 26.3 Å². The highest BCUT2D eigenvalue weighted by molar-refractivity contribution is 5.80. The summed E-state index contributed by atoms with van der Waals surface area (Å²) in [5, 5.41) is 20.7. The first-order valence-electron chi connectivity index (χ1n) is 7.08. The normalized spacial score (nSPS) is 21.1. The van der Waals surface area contributed by atoms with Gasteiger partial charge in [-0.2, -0.15) is 10.5 Å². The van der Waals surface area contributed by atoms with Gasteiger partial charge in [-0.05, 0) is 13.0 Å². The standard InChI is InChI=1S/C14H22N4O2/c1-2-7-17-13-11-20-10-12(13)14(19)18(8-3-5-15)9-4-6-16/h12-13,17H,2-4,7-11H2,1H3. The first-order valence-corrected chi connectivity index (χ1v) is 7.08. The molecule has 1 aliphatic heterocycles. The number of nitrogens with zero attached hydrogens (tertiary/aromatic N) is 3. The Morgan fingerprint density at radius 2 is 1.95 bits per heavy atom. The molecule has 0 aromatic rings. The van der Waals surface area contributed by atoms with Gasteiger partial charge in [0.2, 0.25) is 5.91 Å². The molecule has 1 rings (SSSR count). The fraction of sp³-hybridized carbons (Fsp3) is 0.786. The third-order valence-electron chi connectivity index (χ3n) is 3.35. The van der Waals surface area contributed by atoms with E-state index in [9.17, 15) is 4.79 Å². The van der Waals surface area contributed by atoms with Crippen LogP contribution < -0.4 is 5.32 Å². The van der Waals surface area contributed by atoms with Crippen molar-refractivity contribution in [2.45, 2.75) is 32.2 Å². The Balaban J connectivity index is 2.62. The maximum atomic E-state index is 12.5. The van der Waals surface area contributed by atoms with Crippen LogP contribution in [-0.2, 0) is 9.53 Å². The summed E-state index contributed by atoms with van der Waals surface area (Å²) in [6.07, 6.45) is 1.58. The number of carbonyl (C=O) groups excluding carboxylic acids is 1. The molecule has 2 unspecified atom stereocenters. The van der Waals surface area contributed by atoms with Crippen LogP contribution in [0.15, 0.2) is 0 Å². The van der Waals surface area contributed by atoms with Gasteiger partial charge in [-0.15, -0.1) is 0 Å². The molecule has 1 aliphatic rings. The van der Waals surface area contributed by atoms with Gasteiger partial charge in [0.25, 0.3) is 0 Å². The van der Waals surface area contributed by atoms with Gasteiger partial charge in [-0.1, -0.05) is 6.92 Å². The predicted molar refractivity (Wildman–Crippen MR) is 73.4 cm³/mol. The van der Waals surface area contributed by atoms with E-state index in [2.05, 4.69) is 12.2 Å². The number of rotatable bonds is 8. The van der Waals surface area contributed by atoms with E-state index in [1.54, 1.807) is 4.90 Å². The Labute approximate surface area is 120 Å². The summed E-state index contributed by atoms with van der Waals surface area (Å²) in [6.45, 7) is 4.65. The molecule has 6 nitrogen and oxygen atoms in total. The van der Waals surface area contributed by atoms with Crippen molar-refractivity contribution in [1.29, 1.82) is 10.5 Å². The minimum absolute atomic E-state index is 0.0124. The molecular weight excluding hydrogens is 256 g/mol. The third-order valence-corrected chi connectivity index (χ3v) is 3.35. The molecule has 0 spiro atoms. The third kappa shape index (κ3) is 4.80. The van der Waals surface area contributed by atoms with E-state index in [1.165, 1.54) is 0 Å². The number of nitrogens with one attached hydrogen (secondary N) is 1. The summed E-state index contributed by atoms with van der Waals surface area (Å²) >= 11 is 0. The van der Waals surface area contributed by atoms with Gasteiger partial charge < -0.3 is 15.0 Å². The van der Waals surface area contributed by atoms with Crippen LogP contribution in [0, 0.1) is 28.6 Å². The van der Waals surface area contributed by atoms with E-state index in [-0.39, 0.29) is 30.7 Å². The van der Waals surface area contributed by atoms with Gasteiger partial charge in [0.15, 0.2) is 0 Å². The van der Waals surface area contributed by atoms with Crippen LogP contribution in [0.3, 0.4) is 0 Å². The van der Waals surface area contributed by atoms with Crippen molar-refractivity contribution in [3.63, 3.8) is 0 Å². The maximum absolute atomic E-state index is 12.5. The Morgan fingerprint density at radius 1 is 1.30 bits per heavy atom. The maximum Gasteiger partial charge on any atom is 0.229 e. The molecule has 0 aliphatic carbocycles. The minimum Gasteiger partial charge on any atom is -0.379 e. The van der Waals surface area contributed by atoms with Crippen LogP contribution in [0.4, 0.5) is 0 Å². The molecule has 0 aromatic heterocycles. The zero-order valence-corrected chi connectivity index (χ0v) is 12.0. The largest absolute Gasteiger partial charge is 0.379 e. The fourth-order valence-electron chi connectivity index (χ4n) is 2.27. The number of ether oxygens (including phenoxy) is 1. The van der Waals surface area contributed by atoms with E-state index in [0.717, 1.165) is 13.0 Å². The Kier molecular flexibility index (Phi) is 7.64. The topological polar surface area (TPSA) is 89.2 Å². The highest BCUT2D eigenvalue weighted by atomic mass is 16.5. The second-order valence-electron chi connectivity index (χ2n) is 4.85. The lowest BCUT2D eigenvalue weighted by Crippen LogP contribution is -2.46. The monoisotopic (exact) mass is 278 g/mol. The quantitative estimate of drug-likeness (QED) is 0.704. The van der Waals surface area contributed by atoms with Gasteiger partial charge >= 0.3 is 0 Å². The smallest absolute Gasteiger partial charge is 0.229 e. The molecule has 2 atom stereocenters. The number of nitriles is 2. The lowest BCUT2D eigenvalue weighted by molar-refractivity contribution is -0.135. The second-order valence-corrected chi connectivity index (χ2v) is 4.85. The van der Waals surface area contributed by atoms with Crippen LogP contribution >= 0.6 is 0 Å². The van der Waals surface area contributed by atoms with Crippen molar-refractivity contribution in [2.75, 3.05) is 32.8 Å². The van der Waals surface area contributed by atoms with Crippen LogP contribution in [0.2, 0.25) is 0 Å². The average Bonchev–Trinajstić information content (AvgIpc) is 2.93. The summed E-state index contributed by atoms with van der Waals surface area (Å²) < 4.78 is 5.41. The van der Waals surface area contributed by atoms with E-state index >= 15 is 0 Å². The Morgan fingerprint density at radius 3 is 2.50 bits per heavy atom. The number of carbonyl (C=O) groups is 1. The summed E-state index contributed by atoms with van der Waals surface area (Å²) in [7, 11) is 0. The van der Waals surface area contributed by atoms with Crippen LogP contribution in [0.25, 0.3) is 0 Å². The molecule has 6 heteroatoms. The van der Waals surface area contributed by atoms with E-state index < -0.39 is 0 Å². The number of amides is 1. The summed E-state index contributed by atoms with van der Waals surface area (Å²) in [4.78, 5) is 14.1. The van der Waals surface area contributed by atoms with Gasteiger partial charge in [0.1, 0.15) is 0 Å². The van der Waals surface area contributed by atoms with Gasteiger partial charge in [-0.25, -0.2) is 0 Å². The molecule has 0 radical (unpaired) electrons. The molecule has 0 aromatic carbocycles. The minimum atomic E-state index is -0.209. The molecule has 0 bridgehead atoms. The van der Waals surface area contributed by atoms with Gasteiger partial charge in [-0.3, -0.25) is 4.79 Å². The second kappa shape index (κ2) is 9.30. The summed E-state index contributed by atoms with van der Waals surface area (Å²) in [6, 6.07) is 4.12. The lowest BCUT2D eigenvalue weighted by atomic mass is 10.0. The molecule has 1 heterocycles. The summed E-state index contributed by atoms with van der Waals surface area (Å²) in [5.41, 5.74) is 0. The van der Waals surface area contributed by atoms with Gasteiger partial charge in [0, 0.05) is 19.1 Å². The molecule has 1 N–H and O–H groups in total.